The van der Waals surface area contributed by atoms with E-state index in [1.807, 2.05) is 6.92 Å². The normalized spacial score (nSPS) is 50.7. The number of fused-ring (bicyclic) bond motifs is 1. The van der Waals surface area contributed by atoms with Crippen LogP contribution >= 0.6 is 0 Å². The van der Waals surface area contributed by atoms with Gasteiger partial charge in [-0.1, -0.05) is 13.3 Å². The first-order chi connectivity index (χ1) is 17.2. The van der Waals surface area contributed by atoms with Gasteiger partial charge >= 0.3 is 0 Å². The molecule has 3 aliphatic heterocycles. The summed E-state index contributed by atoms with van der Waals surface area (Å²) < 4.78 is 36.1. The topological polar surface area (TPSA) is 177 Å². The molecule has 12 nitrogen and oxygen atoms in total. The second kappa shape index (κ2) is 12.6. The van der Waals surface area contributed by atoms with Gasteiger partial charge < -0.3 is 59.1 Å². The van der Waals surface area contributed by atoms with Crippen molar-refractivity contribution in [2.75, 3.05) is 19.8 Å². The lowest BCUT2D eigenvalue weighted by Crippen LogP contribution is -2.63. The molecule has 3 saturated heterocycles. The van der Waals surface area contributed by atoms with Gasteiger partial charge in [0.05, 0.1) is 37.6 Å². The Bertz CT molecular complexity index is 683. The molecule has 0 spiro atoms. The molecule has 0 aromatic heterocycles. The minimum Gasteiger partial charge on any atom is -0.394 e. The van der Waals surface area contributed by atoms with E-state index in [0.717, 1.165) is 12.8 Å². The van der Waals surface area contributed by atoms with Gasteiger partial charge in [0.1, 0.15) is 42.7 Å². The summed E-state index contributed by atoms with van der Waals surface area (Å²) in [5.74, 6) is 0.0192. The van der Waals surface area contributed by atoms with Crippen molar-refractivity contribution in [3.05, 3.63) is 0 Å². The van der Waals surface area contributed by atoms with Crippen LogP contribution in [0.1, 0.15) is 46.0 Å². The molecule has 0 radical (unpaired) electrons. The van der Waals surface area contributed by atoms with Crippen LogP contribution in [0.5, 0.6) is 0 Å². The molecule has 0 bridgehead atoms. The zero-order valence-corrected chi connectivity index (χ0v) is 20.9. The zero-order valence-electron chi connectivity index (χ0n) is 20.9. The van der Waals surface area contributed by atoms with Crippen molar-refractivity contribution in [1.29, 1.82) is 0 Å². The van der Waals surface area contributed by atoms with E-state index in [0.29, 0.717) is 25.9 Å². The molecule has 6 N–H and O–H groups in total. The fourth-order valence-electron chi connectivity index (χ4n) is 5.59. The summed E-state index contributed by atoms with van der Waals surface area (Å²) in [7, 11) is 0. The van der Waals surface area contributed by atoms with E-state index in [9.17, 15) is 30.6 Å². The van der Waals surface area contributed by atoms with Crippen molar-refractivity contribution >= 4 is 0 Å². The second-order valence-corrected chi connectivity index (χ2v) is 10.5. The number of hydrogen-bond acceptors (Lipinski definition) is 12. The van der Waals surface area contributed by atoms with E-state index in [1.165, 1.54) is 0 Å². The summed E-state index contributed by atoms with van der Waals surface area (Å²) in [5, 5.41) is 61.0. The molecule has 3 heterocycles. The van der Waals surface area contributed by atoms with Crippen molar-refractivity contribution in [2.24, 2.45) is 5.92 Å². The molecular formula is C24H42O12. The van der Waals surface area contributed by atoms with Gasteiger partial charge in [0.15, 0.2) is 12.6 Å². The first-order valence-corrected chi connectivity index (χ1v) is 13.1. The predicted octanol–water partition coefficient (Wildman–Crippen LogP) is -1.59. The lowest BCUT2D eigenvalue weighted by atomic mass is 9.85. The highest BCUT2D eigenvalue weighted by atomic mass is 16.7. The highest BCUT2D eigenvalue weighted by Gasteiger charge is 2.51. The van der Waals surface area contributed by atoms with Crippen molar-refractivity contribution in [1.82, 2.24) is 0 Å². The smallest absolute Gasteiger partial charge is 0.187 e. The molecule has 4 aliphatic rings. The number of rotatable bonds is 6. The van der Waals surface area contributed by atoms with Crippen molar-refractivity contribution < 1.29 is 59.1 Å². The fraction of sp³-hybridized carbons (Fsp3) is 1.00. The standard InChI is InChI=1S/C24H42O12/c1-11-5-3-7-14(20(11)36-23-19(30)18(29)16(27)12(2)32-23)34-24-22-21(17(28)15(10-26)35-24)33-13(9-25)6-4-8-31-22/h11-30H,3-10H2,1-2H3. The fourth-order valence-corrected chi connectivity index (χ4v) is 5.59. The molecule has 4 rings (SSSR count). The highest BCUT2D eigenvalue weighted by molar-refractivity contribution is 4.95. The van der Waals surface area contributed by atoms with Crippen LogP contribution in [0, 0.1) is 5.92 Å². The van der Waals surface area contributed by atoms with Crippen LogP contribution in [-0.4, -0.2) is 130 Å². The summed E-state index contributed by atoms with van der Waals surface area (Å²) in [6.45, 7) is 3.29. The SMILES string of the molecule is CC1CCCC(OC2OC(CO)C(O)C3OC(CO)CCCOC23)C1OC1OC(C)C(O)C(O)C1O. The van der Waals surface area contributed by atoms with Gasteiger partial charge in [0, 0.05) is 6.61 Å². The van der Waals surface area contributed by atoms with E-state index in [1.54, 1.807) is 6.92 Å². The van der Waals surface area contributed by atoms with Gasteiger partial charge in [-0.05, 0) is 38.5 Å². The molecule has 1 aliphatic carbocycles. The molecule has 4 fully saturated rings. The van der Waals surface area contributed by atoms with Gasteiger partial charge in [-0.25, -0.2) is 0 Å². The Morgan fingerprint density at radius 3 is 2.22 bits per heavy atom. The van der Waals surface area contributed by atoms with Gasteiger partial charge in [-0.15, -0.1) is 0 Å². The molecule has 0 aromatic carbocycles. The van der Waals surface area contributed by atoms with E-state index < -0.39 is 86.3 Å². The molecule has 0 aromatic rings. The zero-order chi connectivity index (χ0) is 26.0. The lowest BCUT2D eigenvalue weighted by molar-refractivity contribution is -0.355. The molecule has 12 heteroatoms. The van der Waals surface area contributed by atoms with Crippen molar-refractivity contribution in [3.8, 4) is 0 Å². The number of aliphatic hydroxyl groups is 6. The van der Waals surface area contributed by atoms with E-state index in [-0.39, 0.29) is 12.5 Å². The lowest BCUT2D eigenvalue weighted by Gasteiger charge is -2.48. The summed E-state index contributed by atoms with van der Waals surface area (Å²) >= 11 is 0. The van der Waals surface area contributed by atoms with Crippen LogP contribution in [0.4, 0.5) is 0 Å². The van der Waals surface area contributed by atoms with Crippen molar-refractivity contribution in [3.63, 3.8) is 0 Å². The summed E-state index contributed by atoms with van der Waals surface area (Å²) in [6.07, 6.45) is -8.77. The maximum absolute atomic E-state index is 10.8. The first-order valence-electron chi connectivity index (χ1n) is 13.1. The Kier molecular flexibility index (Phi) is 9.97. The van der Waals surface area contributed by atoms with Crippen LogP contribution in [0.2, 0.25) is 0 Å². The molecule has 36 heavy (non-hydrogen) atoms. The molecular weight excluding hydrogens is 480 g/mol. The number of aliphatic hydroxyl groups excluding tert-OH is 6. The van der Waals surface area contributed by atoms with Gasteiger partial charge in [0.2, 0.25) is 0 Å². The Labute approximate surface area is 211 Å². The van der Waals surface area contributed by atoms with Crippen LogP contribution < -0.4 is 0 Å². The molecule has 14 atom stereocenters. The maximum atomic E-state index is 10.8. The quantitative estimate of drug-likeness (QED) is 0.236. The average Bonchev–Trinajstić information content (AvgIpc) is 2.85. The molecule has 0 amide bonds. The minimum atomic E-state index is -1.44. The number of hydrogen-bond donors (Lipinski definition) is 6. The maximum Gasteiger partial charge on any atom is 0.187 e. The third kappa shape index (κ3) is 6.05. The van der Waals surface area contributed by atoms with Crippen LogP contribution in [0.15, 0.2) is 0 Å². The Morgan fingerprint density at radius 1 is 0.722 bits per heavy atom. The third-order valence-corrected chi connectivity index (χ3v) is 7.82. The van der Waals surface area contributed by atoms with Crippen LogP contribution in [-0.2, 0) is 28.4 Å². The summed E-state index contributed by atoms with van der Waals surface area (Å²) in [5.41, 5.74) is 0. The Hall–Kier alpha value is -0.480. The molecule has 1 saturated carbocycles. The molecule has 210 valence electrons. The van der Waals surface area contributed by atoms with E-state index >= 15 is 0 Å². The van der Waals surface area contributed by atoms with Crippen LogP contribution in [0.3, 0.4) is 0 Å². The summed E-state index contributed by atoms with van der Waals surface area (Å²) in [6, 6.07) is 0. The molecule has 14 unspecified atom stereocenters. The van der Waals surface area contributed by atoms with Crippen molar-refractivity contribution in [2.45, 2.75) is 126 Å². The van der Waals surface area contributed by atoms with Gasteiger partial charge in [-0.3, -0.25) is 0 Å². The Balaban J connectivity index is 1.51. The van der Waals surface area contributed by atoms with E-state index in [2.05, 4.69) is 0 Å². The van der Waals surface area contributed by atoms with E-state index in [4.69, 9.17) is 28.4 Å². The predicted molar refractivity (Wildman–Crippen MR) is 122 cm³/mol. The highest BCUT2D eigenvalue weighted by Crippen LogP contribution is 2.36. The number of ether oxygens (including phenoxy) is 6. The largest absolute Gasteiger partial charge is 0.394 e. The second-order valence-electron chi connectivity index (χ2n) is 10.5. The van der Waals surface area contributed by atoms with Gasteiger partial charge in [-0.2, -0.15) is 0 Å². The Morgan fingerprint density at radius 2 is 1.50 bits per heavy atom. The monoisotopic (exact) mass is 522 g/mol. The summed E-state index contributed by atoms with van der Waals surface area (Å²) in [4.78, 5) is 0. The first kappa shape index (κ1) is 28.5. The average molecular weight is 523 g/mol. The minimum absolute atomic E-state index is 0.0192. The van der Waals surface area contributed by atoms with Gasteiger partial charge in [0.25, 0.3) is 0 Å². The van der Waals surface area contributed by atoms with Crippen LogP contribution in [0.25, 0.3) is 0 Å². The third-order valence-electron chi connectivity index (χ3n) is 7.82.